The van der Waals surface area contributed by atoms with Crippen molar-refractivity contribution in [1.82, 2.24) is 10.6 Å². The zero-order chi connectivity index (χ0) is 13.3. The monoisotopic (exact) mass is 259 g/mol. The van der Waals surface area contributed by atoms with E-state index in [1.165, 1.54) is 30.6 Å². The fourth-order valence-electron chi connectivity index (χ4n) is 3.54. The highest BCUT2D eigenvalue weighted by Crippen LogP contribution is 2.40. The Kier molecular flexibility index (Phi) is 3.50. The van der Waals surface area contributed by atoms with Crippen molar-refractivity contribution >= 4 is 5.69 Å². The maximum atomic E-state index is 3.67. The van der Waals surface area contributed by atoms with Crippen molar-refractivity contribution in [2.45, 2.75) is 32.2 Å². The minimum absolute atomic E-state index is 0.141. The van der Waals surface area contributed by atoms with Crippen molar-refractivity contribution in [2.75, 3.05) is 31.2 Å². The second-order valence-electron chi connectivity index (χ2n) is 5.94. The number of hydrogen-bond acceptors (Lipinski definition) is 3. The van der Waals surface area contributed by atoms with Crippen LogP contribution in [0.4, 0.5) is 5.69 Å². The van der Waals surface area contributed by atoms with E-state index >= 15 is 0 Å². The second-order valence-corrected chi connectivity index (χ2v) is 5.94. The lowest BCUT2D eigenvalue weighted by Crippen LogP contribution is -2.44. The average Bonchev–Trinajstić information content (AvgIpc) is 3.04. The molecule has 1 spiro atoms. The molecule has 1 unspecified atom stereocenters. The van der Waals surface area contributed by atoms with Gasteiger partial charge in [-0.2, -0.15) is 0 Å². The van der Waals surface area contributed by atoms with Gasteiger partial charge >= 0.3 is 0 Å². The van der Waals surface area contributed by atoms with E-state index in [-0.39, 0.29) is 5.54 Å². The first-order valence-electron chi connectivity index (χ1n) is 7.59. The number of anilines is 1. The van der Waals surface area contributed by atoms with Crippen LogP contribution in [-0.4, -0.2) is 26.3 Å². The second kappa shape index (κ2) is 5.14. The van der Waals surface area contributed by atoms with Gasteiger partial charge in [-0.15, -0.1) is 0 Å². The van der Waals surface area contributed by atoms with E-state index in [0.717, 1.165) is 25.7 Å². The number of para-hydroxylation sites is 1. The van der Waals surface area contributed by atoms with E-state index in [4.69, 9.17) is 0 Å². The molecule has 0 bridgehead atoms. The molecule has 0 amide bonds. The highest BCUT2D eigenvalue weighted by molar-refractivity contribution is 5.63. The number of nitrogens with zero attached hydrogens (tertiary/aromatic N) is 1. The third-order valence-electron chi connectivity index (χ3n) is 4.83. The smallest absolute Gasteiger partial charge is 0.0768 e. The zero-order valence-electron chi connectivity index (χ0n) is 12.1. The first-order valence-corrected chi connectivity index (χ1v) is 7.59. The van der Waals surface area contributed by atoms with Gasteiger partial charge in [-0.25, -0.2) is 0 Å². The Morgan fingerprint density at radius 3 is 2.74 bits per heavy atom. The topological polar surface area (TPSA) is 27.3 Å². The van der Waals surface area contributed by atoms with Gasteiger partial charge in [0, 0.05) is 32.0 Å². The summed E-state index contributed by atoms with van der Waals surface area (Å²) in [5.41, 5.74) is 3.05. The predicted molar refractivity (Wildman–Crippen MR) is 80.4 cm³/mol. The highest BCUT2D eigenvalue weighted by atomic mass is 15.3. The molecule has 2 N–H and O–H groups in total. The number of rotatable bonds is 4. The summed E-state index contributed by atoms with van der Waals surface area (Å²) < 4.78 is 0. The van der Waals surface area contributed by atoms with Crippen LogP contribution in [0.2, 0.25) is 0 Å². The van der Waals surface area contributed by atoms with Gasteiger partial charge in [0.1, 0.15) is 0 Å². The quantitative estimate of drug-likeness (QED) is 0.869. The van der Waals surface area contributed by atoms with Crippen LogP contribution in [0.25, 0.3) is 0 Å². The molecule has 2 aliphatic heterocycles. The zero-order valence-corrected chi connectivity index (χ0v) is 12.1. The van der Waals surface area contributed by atoms with E-state index in [9.17, 15) is 0 Å². The lowest BCUT2D eigenvalue weighted by atomic mass is 9.93. The fourth-order valence-corrected chi connectivity index (χ4v) is 3.54. The molecule has 3 rings (SSSR count). The molecule has 3 heteroatoms. The summed E-state index contributed by atoms with van der Waals surface area (Å²) in [5, 5.41) is 7.13. The lowest BCUT2D eigenvalue weighted by Gasteiger charge is -2.28. The summed E-state index contributed by atoms with van der Waals surface area (Å²) in [6.45, 7) is 8.88. The summed E-state index contributed by atoms with van der Waals surface area (Å²) in [4.78, 5) is 2.59. The minimum atomic E-state index is 0.141. The maximum Gasteiger partial charge on any atom is 0.0768 e. The van der Waals surface area contributed by atoms with Gasteiger partial charge in [0.05, 0.1) is 5.54 Å². The summed E-state index contributed by atoms with van der Waals surface area (Å²) in [7, 11) is 0. The number of benzene rings is 1. The van der Waals surface area contributed by atoms with Gasteiger partial charge in [0.25, 0.3) is 0 Å². The Balaban J connectivity index is 1.88. The predicted octanol–water partition coefficient (Wildman–Crippen LogP) is 2.29. The van der Waals surface area contributed by atoms with Crippen LogP contribution in [0, 0.1) is 5.92 Å². The van der Waals surface area contributed by atoms with E-state index in [0.29, 0.717) is 0 Å². The number of hydrogen-bond donors (Lipinski definition) is 2. The van der Waals surface area contributed by atoms with Crippen LogP contribution in [0.1, 0.15) is 32.3 Å². The van der Waals surface area contributed by atoms with Crippen molar-refractivity contribution in [3.8, 4) is 0 Å². The van der Waals surface area contributed by atoms with Gasteiger partial charge in [-0.05, 0) is 17.5 Å². The normalized spacial score (nSPS) is 25.5. The fraction of sp³-hybridized carbons (Fsp3) is 0.625. The molecule has 0 aromatic heterocycles. The molecule has 1 saturated heterocycles. The van der Waals surface area contributed by atoms with Crippen molar-refractivity contribution in [3.05, 3.63) is 29.8 Å². The van der Waals surface area contributed by atoms with E-state index in [1.54, 1.807) is 0 Å². The molecule has 1 aromatic carbocycles. The van der Waals surface area contributed by atoms with Crippen LogP contribution in [-0.2, 0) is 5.54 Å². The molecule has 0 aliphatic carbocycles. The average molecular weight is 259 g/mol. The summed E-state index contributed by atoms with van der Waals surface area (Å²) in [5.74, 6) is 0.803. The molecule has 3 nitrogen and oxygen atoms in total. The van der Waals surface area contributed by atoms with Crippen LogP contribution in [0.5, 0.6) is 0 Å². The number of nitrogens with one attached hydrogen (secondary N) is 2. The highest BCUT2D eigenvalue weighted by Gasteiger charge is 2.44. The lowest BCUT2D eigenvalue weighted by molar-refractivity contribution is 0.417. The van der Waals surface area contributed by atoms with Crippen LogP contribution in [0.15, 0.2) is 24.3 Å². The summed E-state index contributed by atoms with van der Waals surface area (Å²) in [6, 6.07) is 8.91. The molecule has 0 saturated carbocycles. The van der Waals surface area contributed by atoms with Crippen molar-refractivity contribution in [2.24, 2.45) is 5.92 Å². The summed E-state index contributed by atoms with van der Waals surface area (Å²) in [6.07, 6.45) is 2.54. The Morgan fingerprint density at radius 2 is 2.05 bits per heavy atom. The van der Waals surface area contributed by atoms with Crippen LogP contribution in [0.3, 0.4) is 0 Å². The Hall–Kier alpha value is -1.06. The van der Waals surface area contributed by atoms with Gasteiger partial charge < -0.3 is 10.2 Å². The van der Waals surface area contributed by atoms with Crippen molar-refractivity contribution in [1.29, 1.82) is 0 Å². The van der Waals surface area contributed by atoms with E-state index < -0.39 is 0 Å². The maximum absolute atomic E-state index is 3.67. The first kappa shape index (κ1) is 12.9. The minimum Gasteiger partial charge on any atom is -0.369 e. The third kappa shape index (κ3) is 2.15. The Labute approximate surface area is 116 Å². The molecular weight excluding hydrogens is 234 g/mol. The Bertz CT molecular complexity index is 433. The van der Waals surface area contributed by atoms with Gasteiger partial charge in [0.15, 0.2) is 0 Å². The molecule has 1 atom stereocenters. The van der Waals surface area contributed by atoms with Gasteiger partial charge in [0.2, 0.25) is 0 Å². The van der Waals surface area contributed by atoms with Crippen molar-refractivity contribution < 1.29 is 0 Å². The number of fused-ring (bicyclic) bond motifs is 2. The SMILES string of the molecule is CCC(CC)CN1CC2(CNCN2)c2ccccc21. The standard InChI is InChI=1S/C16H25N3/c1-3-13(4-2)9-19-11-16(10-17-12-18-16)14-7-5-6-8-15(14)19/h5-8,13,17-18H,3-4,9-12H2,1-2H3. The molecule has 19 heavy (non-hydrogen) atoms. The molecule has 0 radical (unpaired) electrons. The summed E-state index contributed by atoms with van der Waals surface area (Å²) >= 11 is 0. The van der Waals surface area contributed by atoms with E-state index in [2.05, 4.69) is 53.6 Å². The molecule has 1 fully saturated rings. The molecule has 1 aromatic rings. The van der Waals surface area contributed by atoms with Gasteiger partial charge in [-0.3, -0.25) is 5.32 Å². The van der Waals surface area contributed by atoms with Crippen LogP contribution < -0.4 is 15.5 Å². The first-order chi connectivity index (χ1) is 9.29. The third-order valence-corrected chi connectivity index (χ3v) is 4.83. The Morgan fingerprint density at radius 1 is 1.26 bits per heavy atom. The van der Waals surface area contributed by atoms with Gasteiger partial charge in [-0.1, -0.05) is 44.9 Å². The van der Waals surface area contributed by atoms with Crippen molar-refractivity contribution in [3.63, 3.8) is 0 Å². The molecule has 104 valence electrons. The largest absolute Gasteiger partial charge is 0.369 e. The van der Waals surface area contributed by atoms with Crippen LogP contribution >= 0.6 is 0 Å². The molecular formula is C16H25N3. The molecule has 2 aliphatic rings. The molecule has 2 heterocycles. The van der Waals surface area contributed by atoms with E-state index in [1.807, 2.05) is 0 Å².